The first kappa shape index (κ1) is 8.38. The van der Waals surface area contributed by atoms with Gasteiger partial charge in [-0.15, -0.1) is 0 Å². The van der Waals surface area contributed by atoms with Gasteiger partial charge in [0.2, 0.25) is 0 Å². The van der Waals surface area contributed by atoms with Gasteiger partial charge >= 0.3 is 0 Å². The highest BCUT2D eigenvalue weighted by Crippen LogP contribution is 2.15. The Bertz CT molecular complexity index is 588. The number of nitrogens with one attached hydrogen (secondary N) is 1. The van der Waals surface area contributed by atoms with Gasteiger partial charge in [-0.05, 0) is 16.5 Å². The third kappa shape index (κ3) is 1.05. The number of fused-ring (bicyclic) bond motifs is 2. The Labute approximate surface area is 84.8 Å². The molecule has 1 aliphatic heterocycles. The van der Waals surface area contributed by atoms with Crippen LogP contribution in [0.2, 0.25) is 0 Å². The molecule has 1 saturated heterocycles. The van der Waals surface area contributed by atoms with Crippen LogP contribution in [0, 0.1) is 0 Å². The number of carbonyl (C=O) groups excluding carboxylic acids is 2. The molecule has 0 radical (unpaired) electrons. The van der Waals surface area contributed by atoms with Crippen LogP contribution in [0.4, 0.5) is 0 Å². The molecule has 1 aromatic carbocycles. The standard InChI is InChI=1S/C11H7NO3/c13-8-5-6-3-1-2-4-7(6)9-10(8)15-12-11(9)14/h1-5,10H,(H,12,14). The lowest BCUT2D eigenvalue weighted by atomic mass is 9.96. The Hall–Kier alpha value is -1.94. The maximum absolute atomic E-state index is 11.6. The van der Waals surface area contributed by atoms with Crippen molar-refractivity contribution in [3.63, 3.8) is 0 Å². The number of benzene rings is 1. The fourth-order valence-corrected chi connectivity index (χ4v) is 1.91. The van der Waals surface area contributed by atoms with Crippen molar-refractivity contribution >= 4 is 23.3 Å². The van der Waals surface area contributed by atoms with Crippen LogP contribution in [0.15, 0.2) is 24.3 Å². The number of hydrogen-bond acceptors (Lipinski definition) is 3. The van der Waals surface area contributed by atoms with Gasteiger partial charge in [0.1, 0.15) is 0 Å². The molecule has 0 aromatic heterocycles. The number of amides is 1. The molecule has 3 rings (SSSR count). The lowest BCUT2D eigenvalue weighted by Gasteiger charge is -2.08. The van der Waals surface area contributed by atoms with E-state index in [-0.39, 0.29) is 11.7 Å². The predicted molar refractivity (Wildman–Crippen MR) is 51.6 cm³/mol. The van der Waals surface area contributed by atoms with E-state index in [4.69, 9.17) is 4.84 Å². The van der Waals surface area contributed by atoms with Crippen LogP contribution in [0.3, 0.4) is 0 Å². The highest BCUT2D eigenvalue weighted by molar-refractivity contribution is 6.28. The predicted octanol–water partition coefficient (Wildman–Crippen LogP) is -1.37. The molecule has 1 aliphatic carbocycles. The molecule has 1 fully saturated rings. The molecule has 15 heavy (non-hydrogen) atoms. The molecule has 1 N–H and O–H groups in total. The third-order valence-electron chi connectivity index (χ3n) is 2.58. The van der Waals surface area contributed by atoms with Crippen molar-refractivity contribution in [3.8, 4) is 0 Å². The highest BCUT2D eigenvalue weighted by atomic mass is 16.7. The van der Waals surface area contributed by atoms with Gasteiger partial charge in [0, 0.05) is 0 Å². The fourth-order valence-electron chi connectivity index (χ4n) is 1.91. The minimum absolute atomic E-state index is 0.193. The van der Waals surface area contributed by atoms with Gasteiger partial charge in [-0.2, -0.15) is 0 Å². The van der Waals surface area contributed by atoms with Crippen LogP contribution < -0.4 is 15.9 Å². The third-order valence-corrected chi connectivity index (χ3v) is 2.58. The monoisotopic (exact) mass is 201 g/mol. The molecule has 1 aromatic rings. The van der Waals surface area contributed by atoms with Gasteiger partial charge in [-0.3, -0.25) is 14.4 Å². The largest absolute Gasteiger partial charge is 0.291 e. The van der Waals surface area contributed by atoms with Crippen molar-refractivity contribution in [2.24, 2.45) is 0 Å². The molecule has 1 atom stereocenters. The van der Waals surface area contributed by atoms with Gasteiger partial charge in [-0.25, -0.2) is 5.48 Å². The van der Waals surface area contributed by atoms with Gasteiger partial charge in [-0.1, -0.05) is 24.3 Å². The lowest BCUT2D eigenvalue weighted by Crippen LogP contribution is -2.39. The number of carbonyl (C=O) groups is 2. The normalized spacial score (nSPS) is 22.9. The minimum atomic E-state index is -0.771. The second-order valence-corrected chi connectivity index (χ2v) is 3.48. The van der Waals surface area contributed by atoms with E-state index in [2.05, 4.69) is 5.48 Å². The van der Waals surface area contributed by atoms with E-state index in [9.17, 15) is 9.59 Å². The summed E-state index contributed by atoms with van der Waals surface area (Å²) in [5.74, 6) is -0.518. The van der Waals surface area contributed by atoms with E-state index >= 15 is 0 Å². The molecule has 0 bridgehead atoms. The zero-order valence-corrected chi connectivity index (χ0v) is 7.69. The van der Waals surface area contributed by atoms with Gasteiger partial charge in [0.05, 0.1) is 5.57 Å². The summed E-state index contributed by atoms with van der Waals surface area (Å²) >= 11 is 0. The first-order chi connectivity index (χ1) is 7.27. The second-order valence-electron chi connectivity index (χ2n) is 3.48. The van der Waals surface area contributed by atoms with Gasteiger partial charge in [0.25, 0.3) is 5.91 Å². The summed E-state index contributed by atoms with van der Waals surface area (Å²) in [6.07, 6.45) is 0.733. The Morgan fingerprint density at radius 2 is 2.00 bits per heavy atom. The van der Waals surface area contributed by atoms with Crippen LogP contribution in [-0.2, 0) is 14.4 Å². The SMILES string of the molecule is O=C1NOC2C(=O)C=c3ccccc3=C12. The van der Waals surface area contributed by atoms with E-state index in [0.717, 1.165) is 10.4 Å². The molecule has 0 spiro atoms. The summed E-state index contributed by atoms with van der Waals surface area (Å²) in [5.41, 5.74) is 2.63. The van der Waals surface area contributed by atoms with Crippen molar-refractivity contribution < 1.29 is 14.4 Å². The molecule has 2 aliphatic rings. The van der Waals surface area contributed by atoms with Crippen molar-refractivity contribution in [3.05, 3.63) is 34.7 Å². The number of ketones is 1. The summed E-state index contributed by atoms with van der Waals surface area (Å²) in [7, 11) is 0. The number of hydroxylamine groups is 1. The average Bonchev–Trinajstić information content (AvgIpc) is 2.62. The van der Waals surface area contributed by atoms with Gasteiger partial charge < -0.3 is 0 Å². The molecule has 74 valence electrons. The molecular weight excluding hydrogens is 194 g/mol. The second kappa shape index (κ2) is 2.77. The van der Waals surface area contributed by atoms with E-state index in [1.165, 1.54) is 6.08 Å². The van der Waals surface area contributed by atoms with E-state index < -0.39 is 6.10 Å². The van der Waals surface area contributed by atoms with E-state index in [1.54, 1.807) is 0 Å². The number of rotatable bonds is 0. The van der Waals surface area contributed by atoms with Crippen molar-refractivity contribution in [1.29, 1.82) is 0 Å². The summed E-state index contributed by atoms with van der Waals surface area (Å²) in [5, 5.41) is 1.55. The van der Waals surface area contributed by atoms with Crippen molar-refractivity contribution in [2.45, 2.75) is 6.10 Å². The molecule has 4 nitrogen and oxygen atoms in total. The average molecular weight is 201 g/mol. The number of Topliss-reactive ketones (excluding diaryl/α,β-unsaturated/α-hetero) is 1. The maximum Gasteiger partial charge on any atom is 0.274 e. The molecule has 1 amide bonds. The Morgan fingerprint density at radius 3 is 2.87 bits per heavy atom. The summed E-state index contributed by atoms with van der Waals surface area (Å²) in [4.78, 5) is 28.0. The van der Waals surface area contributed by atoms with Crippen LogP contribution in [-0.4, -0.2) is 17.8 Å². The Balaban J connectivity index is 2.48. The number of hydrogen-bond donors (Lipinski definition) is 1. The summed E-state index contributed by atoms with van der Waals surface area (Å²) in [6.45, 7) is 0. The van der Waals surface area contributed by atoms with E-state index in [0.29, 0.717) is 5.57 Å². The molecule has 1 unspecified atom stereocenters. The smallest absolute Gasteiger partial charge is 0.274 e. The molecular formula is C11H7NO3. The molecule has 1 heterocycles. The first-order valence-corrected chi connectivity index (χ1v) is 4.58. The molecule has 0 saturated carbocycles. The van der Waals surface area contributed by atoms with Crippen molar-refractivity contribution in [1.82, 2.24) is 5.48 Å². The zero-order valence-electron chi connectivity index (χ0n) is 7.69. The van der Waals surface area contributed by atoms with Gasteiger partial charge in [0.15, 0.2) is 11.9 Å². The van der Waals surface area contributed by atoms with Crippen molar-refractivity contribution in [2.75, 3.05) is 0 Å². The van der Waals surface area contributed by atoms with Crippen LogP contribution in [0.1, 0.15) is 0 Å². The van der Waals surface area contributed by atoms with Crippen LogP contribution in [0.5, 0.6) is 0 Å². The summed E-state index contributed by atoms with van der Waals surface area (Å²) in [6, 6.07) is 7.28. The van der Waals surface area contributed by atoms with Crippen LogP contribution in [0.25, 0.3) is 11.6 Å². The minimum Gasteiger partial charge on any atom is -0.291 e. The Morgan fingerprint density at radius 1 is 1.20 bits per heavy atom. The lowest BCUT2D eigenvalue weighted by molar-refractivity contribution is -0.127. The molecule has 4 heteroatoms. The zero-order chi connectivity index (χ0) is 10.4. The fraction of sp³-hybridized carbons (Fsp3) is 0.0909. The maximum atomic E-state index is 11.6. The topological polar surface area (TPSA) is 55.4 Å². The summed E-state index contributed by atoms with van der Waals surface area (Å²) < 4.78 is 0. The van der Waals surface area contributed by atoms with Crippen LogP contribution >= 0.6 is 0 Å². The first-order valence-electron chi connectivity index (χ1n) is 4.58. The highest BCUT2D eigenvalue weighted by Gasteiger charge is 2.36. The Kier molecular flexibility index (Phi) is 1.55. The van der Waals surface area contributed by atoms with E-state index in [1.807, 2.05) is 24.3 Å². The quantitative estimate of drug-likeness (QED) is 0.563.